The molecule has 3 amide bonds. The lowest BCUT2D eigenvalue weighted by atomic mass is 10.1. The number of carbonyl (C=O) groups is 3. The Bertz CT molecular complexity index is 1200. The van der Waals surface area contributed by atoms with Crippen molar-refractivity contribution >= 4 is 57.3 Å². The second-order valence-corrected chi connectivity index (χ2v) is 9.72. The summed E-state index contributed by atoms with van der Waals surface area (Å²) in [5.41, 5.74) is 1.08. The van der Waals surface area contributed by atoms with E-state index in [9.17, 15) is 18.8 Å². The van der Waals surface area contributed by atoms with Crippen LogP contribution in [0.5, 0.6) is 0 Å². The van der Waals surface area contributed by atoms with Gasteiger partial charge in [-0.2, -0.15) is 0 Å². The Morgan fingerprint density at radius 3 is 2.53 bits per heavy atom. The second-order valence-electron chi connectivity index (χ2n) is 7.54. The maximum Gasteiger partial charge on any atom is 0.257 e. The zero-order valence-electron chi connectivity index (χ0n) is 18.3. The Labute approximate surface area is 204 Å². The fourth-order valence-electron chi connectivity index (χ4n) is 3.16. The minimum Gasteiger partial charge on any atom is -0.325 e. The van der Waals surface area contributed by atoms with Crippen LogP contribution in [0.4, 0.5) is 20.9 Å². The van der Waals surface area contributed by atoms with Crippen LogP contribution in [-0.4, -0.2) is 39.7 Å². The molecule has 0 unspecified atom stereocenters. The smallest absolute Gasteiger partial charge is 0.257 e. The second kappa shape index (κ2) is 10.7. The Kier molecular flexibility index (Phi) is 7.53. The highest BCUT2D eigenvalue weighted by Crippen LogP contribution is 2.36. The van der Waals surface area contributed by atoms with E-state index in [0.29, 0.717) is 27.3 Å². The number of rotatable bonds is 9. The van der Waals surface area contributed by atoms with Gasteiger partial charge in [-0.1, -0.05) is 42.2 Å². The first-order chi connectivity index (χ1) is 16.4. The van der Waals surface area contributed by atoms with Gasteiger partial charge in [0.1, 0.15) is 5.82 Å². The highest BCUT2D eigenvalue weighted by Gasteiger charge is 2.35. The molecule has 0 saturated heterocycles. The van der Waals surface area contributed by atoms with E-state index >= 15 is 0 Å². The molecule has 2 N–H and O–H groups in total. The van der Waals surface area contributed by atoms with Crippen LogP contribution in [0, 0.1) is 5.82 Å². The number of hydrogen-bond acceptors (Lipinski definition) is 7. The van der Waals surface area contributed by atoms with Crippen molar-refractivity contribution in [3.63, 3.8) is 0 Å². The Hall–Kier alpha value is -3.31. The molecule has 176 valence electrons. The molecule has 0 spiro atoms. The molecule has 0 bridgehead atoms. The van der Waals surface area contributed by atoms with Crippen LogP contribution in [-0.2, 0) is 9.59 Å². The summed E-state index contributed by atoms with van der Waals surface area (Å²) in [6, 6.07) is 12.2. The molecule has 1 fully saturated rings. The number of nitrogens with one attached hydrogen (secondary N) is 2. The summed E-state index contributed by atoms with van der Waals surface area (Å²) < 4.78 is 13.7. The van der Waals surface area contributed by atoms with Crippen molar-refractivity contribution < 1.29 is 18.8 Å². The van der Waals surface area contributed by atoms with Crippen molar-refractivity contribution in [2.45, 2.75) is 36.6 Å². The summed E-state index contributed by atoms with van der Waals surface area (Å²) >= 11 is 2.50. The number of para-hydroxylation sites is 1. The first kappa shape index (κ1) is 23.8. The van der Waals surface area contributed by atoms with Crippen molar-refractivity contribution in [1.82, 2.24) is 10.2 Å². The van der Waals surface area contributed by atoms with Crippen LogP contribution in [0.1, 0.15) is 36.5 Å². The van der Waals surface area contributed by atoms with E-state index in [-0.39, 0.29) is 29.2 Å². The van der Waals surface area contributed by atoms with E-state index in [2.05, 4.69) is 20.8 Å². The summed E-state index contributed by atoms with van der Waals surface area (Å²) in [6.07, 6.45) is 2.32. The van der Waals surface area contributed by atoms with E-state index < -0.39 is 11.7 Å². The van der Waals surface area contributed by atoms with E-state index in [1.54, 1.807) is 29.2 Å². The lowest BCUT2D eigenvalue weighted by Gasteiger charge is -2.17. The van der Waals surface area contributed by atoms with Gasteiger partial charge in [0.05, 0.1) is 17.0 Å². The van der Waals surface area contributed by atoms with Crippen LogP contribution >= 0.6 is 23.1 Å². The van der Waals surface area contributed by atoms with Crippen LogP contribution in [0.3, 0.4) is 0 Å². The predicted molar refractivity (Wildman–Crippen MR) is 131 cm³/mol. The number of amides is 3. The average Bonchev–Trinajstić information content (AvgIpc) is 3.56. The standard InChI is InChI=1S/C23H22FN5O3S2/c1-2-20(31)29(16-11-12-16)22-27-28-23(34-22)33-13-19(30)26-18-6-4-3-5-17(18)21(32)25-15-9-7-14(24)8-10-15/h3-10,16H,2,11-13H2,1H3,(H,25,32)(H,26,30). The van der Waals surface area contributed by atoms with Gasteiger partial charge < -0.3 is 10.6 Å². The van der Waals surface area contributed by atoms with Gasteiger partial charge >= 0.3 is 0 Å². The number of aromatic nitrogens is 2. The number of carbonyl (C=O) groups excluding carboxylic acids is 3. The molecule has 0 aliphatic heterocycles. The first-order valence-corrected chi connectivity index (χ1v) is 12.5. The van der Waals surface area contributed by atoms with Gasteiger partial charge in [-0.3, -0.25) is 19.3 Å². The van der Waals surface area contributed by atoms with Gasteiger partial charge in [0.15, 0.2) is 4.34 Å². The number of hydrogen-bond donors (Lipinski definition) is 2. The predicted octanol–water partition coefficient (Wildman–Crippen LogP) is 4.57. The summed E-state index contributed by atoms with van der Waals surface area (Å²) in [7, 11) is 0. The SMILES string of the molecule is CCC(=O)N(c1nnc(SCC(=O)Nc2ccccc2C(=O)Nc2ccc(F)cc2)s1)C1CC1. The van der Waals surface area contributed by atoms with Crippen molar-refractivity contribution in [2.24, 2.45) is 0 Å². The summed E-state index contributed by atoms with van der Waals surface area (Å²) in [4.78, 5) is 39.2. The van der Waals surface area contributed by atoms with Gasteiger partial charge in [-0.05, 0) is 49.2 Å². The molecule has 11 heteroatoms. The highest BCUT2D eigenvalue weighted by molar-refractivity contribution is 8.01. The maximum absolute atomic E-state index is 13.1. The Morgan fingerprint density at radius 1 is 1.09 bits per heavy atom. The van der Waals surface area contributed by atoms with Crippen LogP contribution < -0.4 is 15.5 Å². The fraction of sp³-hybridized carbons (Fsp3) is 0.261. The first-order valence-electron chi connectivity index (χ1n) is 10.7. The quantitative estimate of drug-likeness (QED) is 0.330. The zero-order valence-corrected chi connectivity index (χ0v) is 19.9. The molecule has 3 aromatic rings. The number of nitrogens with zero attached hydrogens (tertiary/aromatic N) is 3. The Balaban J connectivity index is 1.36. The third-order valence-corrected chi connectivity index (χ3v) is 7.02. The van der Waals surface area contributed by atoms with Crippen molar-refractivity contribution in [3.05, 3.63) is 59.9 Å². The summed E-state index contributed by atoms with van der Waals surface area (Å²) in [5.74, 6) is -1.06. The third kappa shape index (κ3) is 5.97. The minimum absolute atomic E-state index is 0.0171. The lowest BCUT2D eigenvalue weighted by Crippen LogP contribution is -2.32. The monoisotopic (exact) mass is 499 g/mol. The largest absolute Gasteiger partial charge is 0.325 e. The van der Waals surface area contributed by atoms with Gasteiger partial charge in [0.2, 0.25) is 16.9 Å². The molecule has 1 aliphatic carbocycles. The molecule has 0 atom stereocenters. The van der Waals surface area contributed by atoms with Gasteiger partial charge in [0.25, 0.3) is 5.91 Å². The summed E-state index contributed by atoms with van der Waals surface area (Å²) in [5, 5.41) is 14.2. The molecule has 2 aromatic carbocycles. The van der Waals surface area contributed by atoms with Gasteiger partial charge in [-0.25, -0.2) is 4.39 Å². The van der Waals surface area contributed by atoms with Crippen molar-refractivity contribution in [1.29, 1.82) is 0 Å². The number of benzene rings is 2. The number of halogens is 1. The molecule has 4 rings (SSSR count). The molecule has 1 aromatic heterocycles. The van der Waals surface area contributed by atoms with Gasteiger partial charge in [0, 0.05) is 18.2 Å². The van der Waals surface area contributed by atoms with Crippen molar-refractivity contribution in [3.8, 4) is 0 Å². The number of thioether (sulfide) groups is 1. The normalized spacial score (nSPS) is 12.8. The maximum atomic E-state index is 13.1. The van der Waals surface area contributed by atoms with E-state index in [4.69, 9.17) is 0 Å². The average molecular weight is 500 g/mol. The molecule has 1 saturated carbocycles. The third-order valence-electron chi connectivity index (χ3n) is 4.96. The topological polar surface area (TPSA) is 104 Å². The molecule has 1 heterocycles. The Morgan fingerprint density at radius 2 is 1.82 bits per heavy atom. The highest BCUT2D eigenvalue weighted by atomic mass is 32.2. The molecular formula is C23H22FN5O3S2. The van der Waals surface area contributed by atoms with Crippen LogP contribution in [0.25, 0.3) is 0 Å². The molecule has 8 nitrogen and oxygen atoms in total. The molecular weight excluding hydrogens is 477 g/mol. The van der Waals surface area contributed by atoms with Crippen LogP contribution in [0.15, 0.2) is 52.9 Å². The van der Waals surface area contributed by atoms with Gasteiger partial charge in [-0.15, -0.1) is 10.2 Å². The minimum atomic E-state index is -0.426. The lowest BCUT2D eigenvalue weighted by molar-refractivity contribution is -0.118. The van der Waals surface area contributed by atoms with E-state index in [0.717, 1.165) is 12.8 Å². The fourth-order valence-corrected chi connectivity index (χ4v) is 4.89. The van der Waals surface area contributed by atoms with Crippen LogP contribution in [0.2, 0.25) is 0 Å². The zero-order chi connectivity index (χ0) is 24.1. The van der Waals surface area contributed by atoms with Crippen molar-refractivity contribution in [2.75, 3.05) is 21.3 Å². The van der Waals surface area contributed by atoms with E-state index in [1.807, 2.05) is 6.92 Å². The molecule has 0 radical (unpaired) electrons. The summed E-state index contributed by atoms with van der Waals surface area (Å²) in [6.45, 7) is 1.82. The molecule has 34 heavy (non-hydrogen) atoms. The molecule has 1 aliphatic rings. The number of anilines is 3. The van der Waals surface area contributed by atoms with E-state index in [1.165, 1.54) is 47.4 Å².